The normalized spacial score (nSPS) is 14.3. The molecule has 4 heteroatoms. The number of fused-ring (bicyclic) bond motifs is 3. The lowest BCUT2D eigenvalue weighted by Gasteiger charge is -2.10. The van der Waals surface area contributed by atoms with E-state index >= 15 is 0 Å². The van der Waals surface area contributed by atoms with Crippen LogP contribution in [0.25, 0.3) is 10.2 Å². The van der Waals surface area contributed by atoms with Crippen molar-refractivity contribution in [1.29, 1.82) is 0 Å². The van der Waals surface area contributed by atoms with Gasteiger partial charge in [-0.2, -0.15) is 0 Å². The Kier molecular flexibility index (Phi) is 3.40. The zero-order valence-corrected chi connectivity index (χ0v) is 13.2. The summed E-state index contributed by atoms with van der Waals surface area (Å²) in [6.45, 7) is 0. The zero-order valence-electron chi connectivity index (χ0n) is 11.6. The third-order valence-corrected chi connectivity index (χ3v) is 5.48. The number of hydrogen-bond acceptors (Lipinski definition) is 3. The van der Waals surface area contributed by atoms with Gasteiger partial charge in [0, 0.05) is 11.3 Å². The van der Waals surface area contributed by atoms with Gasteiger partial charge in [-0.05, 0) is 36.8 Å². The molecule has 1 aliphatic carbocycles. The predicted octanol–water partition coefficient (Wildman–Crippen LogP) is 4.81. The monoisotopic (exact) mass is 314 g/mol. The molecule has 0 N–H and O–H groups in total. The van der Waals surface area contributed by atoms with Crippen molar-refractivity contribution in [2.45, 2.75) is 32.1 Å². The molecule has 0 saturated heterocycles. The molecule has 2 heterocycles. The fraction of sp³-hybridized carbons (Fsp3) is 0.294. The molecule has 0 atom stereocenters. The maximum absolute atomic E-state index is 6.46. The Balaban J connectivity index is 1.79. The van der Waals surface area contributed by atoms with Crippen molar-refractivity contribution in [3.8, 4) is 0 Å². The van der Waals surface area contributed by atoms with Gasteiger partial charge in [0.05, 0.1) is 5.39 Å². The van der Waals surface area contributed by atoms with E-state index in [1.54, 1.807) is 11.3 Å². The Morgan fingerprint density at radius 1 is 1.05 bits per heavy atom. The summed E-state index contributed by atoms with van der Waals surface area (Å²) in [7, 11) is 0. The first-order valence-corrected chi connectivity index (χ1v) is 8.51. The van der Waals surface area contributed by atoms with Crippen LogP contribution in [0.2, 0.25) is 5.15 Å². The molecule has 1 aromatic carbocycles. The summed E-state index contributed by atoms with van der Waals surface area (Å²) in [5.74, 6) is 0.817. The van der Waals surface area contributed by atoms with Crippen molar-refractivity contribution >= 4 is 33.2 Å². The summed E-state index contributed by atoms with van der Waals surface area (Å²) in [6.07, 6.45) is 5.55. The summed E-state index contributed by atoms with van der Waals surface area (Å²) in [5, 5.41) is 1.73. The van der Waals surface area contributed by atoms with Gasteiger partial charge in [0.2, 0.25) is 0 Å². The second-order valence-corrected chi connectivity index (χ2v) is 6.93. The van der Waals surface area contributed by atoms with Crippen molar-refractivity contribution in [2.75, 3.05) is 0 Å². The molecule has 0 fully saturated rings. The molecular weight excluding hydrogens is 300 g/mol. The van der Waals surface area contributed by atoms with Crippen LogP contribution >= 0.6 is 22.9 Å². The second kappa shape index (κ2) is 5.39. The van der Waals surface area contributed by atoms with E-state index in [4.69, 9.17) is 16.6 Å². The van der Waals surface area contributed by atoms with Crippen molar-refractivity contribution < 1.29 is 0 Å². The van der Waals surface area contributed by atoms with Crippen LogP contribution in [0.5, 0.6) is 0 Å². The molecule has 106 valence electrons. The first-order valence-electron chi connectivity index (χ1n) is 7.32. The molecule has 3 aromatic rings. The maximum atomic E-state index is 6.46. The zero-order chi connectivity index (χ0) is 14.2. The quantitative estimate of drug-likeness (QED) is 0.634. The number of aryl methyl sites for hydroxylation is 2. The molecule has 4 rings (SSSR count). The molecule has 1 aliphatic rings. The minimum Gasteiger partial charge on any atom is -0.222 e. The lowest BCUT2D eigenvalue weighted by Crippen LogP contribution is -2.00. The molecule has 0 aliphatic heterocycles. The van der Waals surface area contributed by atoms with Gasteiger partial charge in [-0.3, -0.25) is 0 Å². The number of aromatic nitrogens is 2. The molecule has 0 spiro atoms. The van der Waals surface area contributed by atoms with E-state index in [1.165, 1.54) is 35.3 Å². The van der Waals surface area contributed by atoms with E-state index in [2.05, 4.69) is 17.1 Å². The molecule has 0 saturated carbocycles. The number of thiophene rings is 1. The number of rotatable bonds is 2. The van der Waals surface area contributed by atoms with Crippen LogP contribution in [0.15, 0.2) is 30.3 Å². The van der Waals surface area contributed by atoms with E-state index in [-0.39, 0.29) is 0 Å². The third kappa shape index (κ3) is 2.45. The highest BCUT2D eigenvalue weighted by molar-refractivity contribution is 7.19. The van der Waals surface area contributed by atoms with E-state index in [1.807, 2.05) is 18.2 Å². The molecular formula is C17H15ClN2S. The van der Waals surface area contributed by atoms with E-state index < -0.39 is 0 Å². The van der Waals surface area contributed by atoms with Gasteiger partial charge in [0.15, 0.2) is 0 Å². The number of benzene rings is 1. The summed E-state index contributed by atoms with van der Waals surface area (Å²) >= 11 is 8.27. The van der Waals surface area contributed by atoms with Crippen LogP contribution in [-0.2, 0) is 19.3 Å². The fourth-order valence-electron chi connectivity index (χ4n) is 3.01. The minimum absolute atomic E-state index is 0.630. The van der Waals surface area contributed by atoms with Crippen LogP contribution in [0.1, 0.15) is 34.7 Å². The van der Waals surface area contributed by atoms with E-state index in [9.17, 15) is 0 Å². The first-order chi connectivity index (χ1) is 10.3. The maximum Gasteiger partial charge on any atom is 0.141 e. The minimum atomic E-state index is 0.630. The number of halogens is 1. The summed E-state index contributed by atoms with van der Waals surface area (Å²) in [4.78, 5) is 11.8. The molecule has 2 nitrogen and oxygen atoms in total. The molecule has 0 unspecified atom stereocenters. The standard InChI is InChI=1S/C17H15ClN2S/c18-16-15-12-8-4-5-9-13(12)21-17(15)20-14(19-16)10-11-6-2-1-3-7-11/h1-3,6-7H,4-5,8-10H2. The van der Waals surface area contributed by atoms with Gasteiger partial charge in [-0.1, -0.05) is 41.9 Å². The second-order valence-electron chi connectivity index (χ2n) is 5.48. The predicted molar refractivity (Wildman–Crippen MR) is 88.3 cm³/mol. The Bertz CT molecular complexity index is 795. The third-order valence-electron chi connectivity index (χ3n) is 4.02. The summed E-state index contributed by atoms with van der Waals surface area (Å²) in [6, 6.07) is 10.3. The Morgan fingerprint density at radius 2 is 1.86 bits per heavy atom. The molecule has 21 heavy (non-hydrogen) atoms. The van der Waals surface area contributed by atoms with Crippen LogP contribution in [0.4, 0.5) is 0 Å². The van der Waals surface area contributed by atoms with Crippen LogP contribution < -0.4 is 0 Å². The van der Waals surface area contributed by atoms with Crippen molar-refractivity contribution in [1.82, 2.24) is 9.97 Å². The van der Waals surface area contributed by atoms with Crippen molar-refractivity contribution in [2.24, 2.45) is 0 Å². The van der Waals surface area contributed by atoms with Crippen LogP contribution in [-0.4, -0.2) is 9.97 Å². The van der Waals surface area contributed by atoms with Crippen molar-refractivity contribution in [3.63, 3.8) is 0 Å². The Morgan fingerprint density at radius 3 is 2.71 bits per heavy atom. The van der Waals surface area contributed by atoms with Gasteiger partial charge in [0.25, 0.3) is 0 Å². The fourth-order valence-corrected chi connectivity index (χ4v) is 4.65. The van der Waals surface area contributed by atoms with Gasteiger partial charge >= 0.3 is 0 Å². The lowest BCUT2D eigenvalue weighted by atomic mass is 9.97. The average Bonchev–Trinajstić information content (AvgIpc) is 2.87. The summed E-state index contributed by atoms with van der Waals surface area (Å²) in [5.41, 5.74) is 2.62. The van der Waals surface area contributed by atoms with Gasteiger partial charge in [-0.15, -0.1) is 11.3 Å². The lowest BCUT2D eigenvalue weighted by molar-refractivity contribution is 0.700. The van der Waals surface area contributed by atoms with Crippen LogP contribution in [0.3, 0.4) is 0 Å². The van der Waals surface area contributed by atoms with E-state index in [0.717, 1.165) is 28.9 Å². The highest BCUT2D eigenvalue weighted by Crippen LogP contribution is 2.38. The Labute approximate surface area is 132 Å². The smallest absolute Gasteiger partial charge is 0.141 e. The highest BCUT2D eigenvalue weighted by atomic mass is 35.5. The van der Waals surface area contributed by atoms with Gasteiger partial charge in [0.1, 0.15) is 15.8 Å². The van der Waals surface area contributed by atoms with Crippen LogP contribution in [0, 0.1) is 0 Å². The average molecular weight is 315 g/mol. The topological polar surface area (TPSA) is 25.8 Å². The first kappa shape index (κ1) is 13.2. The number of nitrogens with zero attached hydrogens (tertiary/aromatic N) is 2. The number of hydrogen-bond donors (Lipinski definition) is 0. The molecule has 0 amide bonds. The van der Waals surface area contributed by atoms with Crippen molar-refractivity contribution in [3.05, 3.63) is 57.3 Å². The molecule has 2 aromatic heterocycles. The van der Waals surface area contributed by atoms with Gasteiger partial charge < -0.3 is 0 Å². The highest BCUT2D eigenvalue weighted by Gasteiger charge is 2.20. The van der Waals surface area contributed by atoms with E-state index in [0.29, 0.717) is 5.15 Å². The Hall–Kier alpha value is -1.45. The molecule has 0 bridgehead atoms. The molecule has 0 radical (unpaired) electrons. The SMILES string of the molecule is Clc1nc(Cc2ccccc2)nc2sc3c(c12)CCCC3. The van der Waals surface area contributed by atoms with Gasteiger partial charge in [-0.25, -0.2) is 9.97 Å². The summed E-state index contributed by atoms with van der Waals surface area (Å²) < 4.78 is 0. The largest absolute Gasteiger partial charge is 0.222 e.